The Balaban J connectivity index is 0.00000208. The second-order valence-electron chi connectivity index (χ2n) is 5.32. The number of fused-ring (bicyclic) bond motifs is 1. The van der Waals surface area contributed by atoms with Crippen LogP contribution in [0.15, 0.2) is 41.3 Å². The molecule has 0 amide bonds. The molecule has 0 unspecified atom stereocenters. The van der Waals surface area contributed by atoms with E-state index in [9.17, 15) is 12.8 Å². The SMILES string of the molecule is COc1ccc(S(=O)(=O)N2CCCc3c(N)cccc32)cc1F.Cl. The van der Waals surface area contributed by atoms with E-state index in [4.69, 9.17) is 10.5 Å². The molecule has 3 rings (SSSR count). The van der Waals surface area contributed by atoms with Gasteiger partial charge < -0.3 is 10.5 Å². The molecule has 8 heteroatoms. The van der Waals surface area contributed by atoms with Crippen LogP contribution < -0.4 is 14.8 Å². The molecule has 0 spiro atoms. The first-order valence-electron chi connectivity index (χ1n) is 7.19. The third kappa shape index (κ3) is 3.01. The number of sulfonamides is 1. The molecule has 0 aliphatic carbocycles. The maximum atomic E-state index is 13.9. The molecule has 0 saturated heterocycles. The quantitative estimate of drug-likeness (QED) is 0.841. The smallest absolute Gasteiger partial charge is 0.264 e. The van der Waals surface area contributed by atoms with Gasteiger partial charge in [0, 0.05) is 12.2 Å². The average Bonchev–Trinajstić information content (AvgIpc) is 2.54. The number of nitrogen functional groups attached to an aromatic ring is 1. The first-order valence-corrected chi connectivity index (χ1v) is 8.63. The summed E-state index contributed by atoms with van der Waals surface area (Å²) in [4.78, 5) is -0.105. The van der Waals surface area contributed by atoms with Gasteiger partial charge in [0.15, 0.2) is 11.6 Å². The summed E-state index contributed by atoms with van der Waals surface area (Å²) < 4.78 is 45.8. The van der Waals surface area contributed by atoms with Crippen LogP contribution in [0.5, 0.6) is 5.75 Å². The van der Waals surface area contributed by atoms with Crippen molar-refractivity contribution in [2.45, 2.75) is 17.7 Å². The van der Waals surface area contributed by atoms with Crippen LogP contribution >= 0.6 is 12.4 Å². The van der Waals surface area contributed by atoms with Gasteiger partial charge >= 0.3 is 0 Å². The van der Waals surface area contributed by atoms with Gasteiger partial charge in [-0.15, -0.1) is 12.4 Å². The van der Waals surface area contributed by atoms with Gasteiger partial charge in [-0.3, -0.25) is 4.31 Å². The summed E-state index contributed by atoms with van der Waals surface area (Å²) in [6.45, 7) is 0.340. The van der Waals surface area contributed by atoms with E-state index in [1.54, 1.807) is 18.2 Å². The monoisotopic (exact) mass is 372 g/mol. The Labute approximate surface area is 146 Å². The first-order chi connectivity index (χ1) is 10.9. The molecule has 2 aromatic rings. The number of anilines is 2. The van der Waals surface area contributed by atoms with Gasteiger partial charge in [-0.1, -0.05) is 6.07 Å². The van der Waals surface area contributed by atoms with Gasteiger partial charge in [-0.05, 0) is 48.7 Å². The van der Waals surface area contributed by atoms with Crippen LogP contribution in [0, 0.1) is 5.82 Å². The van der Waals surface area contributed by atoms with E-state index in [-0.39, 0.29) is 23.1 Å². The van der Waals surface area contributed by atoms with Gasteiger partial charge in [-0.25, -0.2) is 12.8 Å². The third-order valence-electron chi connectivity index (χ3n) is 3.96. The maximum Gasteiger partial charge on any atom is 0.264 e. The molecule has 130 valence electrons. The summed E-state index contributed by atoms with van der Waals surface area (Å²) in [6, 6.07) is 8.83. The fraction of sp³-hybridized carbons (Fsp3) is 0.250. The average molecular weight is 373 g/mol. The minimum atomic E-state index is -3.86. The molecule has 1 heterocycles. The number of nitrogens with zero attached hydrogens (tertiary/aromatic N) is 1. The highest BCUT2D eigenvalue weighted by Crippen LogP contribution is 2.35. The highest BCUT2D eigenvalue weighted by atomic mass is 35.5. The summed E-state index contributed by atoms with van der Waals surface area (Å²) in [5.74, 6) is -0.703. The van der Waals surface area contributed by atoms with Gasteiger partial charge in [0.2, 0.25) is 0 Å². The van der Waals surface area contributed by atoms with E-state index in [1.807, 2.05) is 0 Å². The van der Waals surface area contributed by atoms with Crippen LogP contribution in [0.25, 0.3) is 0 Å². The van der Waals surface area contributed by atoms with Crippen LogP contribution in [0.2, 0.25) is 0 Å². The molecule has 0 saturated carbocycles. The lowest BCUT2D eigenvalue weighted by Gasteiger charge is -2.31. The minimum Gasteiger partial charge on any atom is -0.494 e. The first kappa shape index (κ1) is 18.4. The van der Waals surface area contributed by atoms with Gasteiger partial charge in [0.25, 0.3) is 10.0 Å². The molecule has 0 bridgehead atoms. The van der Waals surface area contributed by atoms with Gasteiger partial charge in [0.1, 0.15) is 0 Å². The molecule has 24 heavy (non-hydrogen) atoms. The highest BCUT2D eigenvalue weighted by Gasteiger charge is 2.30. The molecule has 0 aromatic heterocycles. The molecule has 1 aliphatic rings. The van der Waals surface area contributed by atoms with Crippen molar-refractivity contribution in [3.63, 3.8) is 0 Å². The summed E-state index contributed by atoms with van der Waals surface area (Å²) in [5, 5.41) is 0. The zero-order valence-electron chi connectivity index (χ0n) is 13.0. The molecule has 2 aromatic carbocycles. The van der Waals surface area contributed by atoms with Crippen molar-refractivity contribution >= 4 is 33.8 Å². The Bertz CT molecular complexity index is 858. The molecule has 0 fully saturated rings. The van der Waals surface area contributed by atoms with E-state index >= 15 is 0 Å². The number of nitrogens with two attached hydrogens (primary N) is 1. The predicted octanol–water partition coefficient (Wildman–Crippen LogP) is 2.98. The summed E-state index contributed by atoms with van der Waals surface area (Å²) in [6.07, 6.45) is 1.39. The zero-order chi connectivity index (χ0) is 16.6. The van der Waals surface area contributed by atoms with Crippen molar-refractivity contribution < 1.29 is 17.5 Å². The summed E-state index contributed by atoms with van der Waals surface area (Å²) in [7, 11) is -2.53. The largest absolute Gasteiger partial charge is 0.494 e. The van der Waals surface area contributed by atoms with E-state index in [1.165, 1.54) is 23.5 Å². The molecule has 5 nitrogen and oxygen atoms in total. The standard InChI is InChI=1S/C16H17FN2O3S.ClH/c1-22-16-8-7-11(10-13(16)17)23(20,21)19-9-3-4-12-14(18)5-2-6-15(12)19;/h2,5-8,10H,3-4,9,18H2,1H3;1H. The summed E-state index contributed by atoms with van der Waals surface area (Å²) >= 11 is 0. The van der Waals surface area contributed by atoms with Crippen LogP contribution in [0.3, 0.4) is 0 Å². The van der Waals surface area contributed by atoms with E-state index in [0.29, 0.717) is 24.3 Å². The normalized spacial score (nSPS) is 13.8. The van der Waals surface area contributed by atoms with E-state index in [0.717, 1.165) is 18.1 Å². The molecular formula is C16H18ClFN2O3S. The molecule has 0 atom stereocenters. The predicted molar refractivity (Wildman–Crippen MR) is 93.9 cm³/mol. The Morgan fingerprint density at radius 2 is 2.00 bits per heavy atom. The third-order valence-corrected chi connectivity index (χ3v) is 5.76. The molecule has 2 N–H and O–H groups in total. The Hall–Kier alpha value is -1.99. The van der Waals surface area contributed by atoms with Crippen LogP contribution in [0.1, 0.15) is 12.0 Å². The zero-order valence-corrected chi connectivity index (χ0v) is 14.7. The number of halogens is 2. The van der Waals surface area contributed by atoms with Crippen molar-refractivity contribution in [3.05, 3.63) is 47.8 Å². The van der Waals surface area contributed by atoms with Crippen LogP contribution in [0.4, 0.5) is 15.8 Å². The van der Waals surface area contributed by atoms with Crippen LogP contribution in [-0.4, -0.2) is 22.1 Å². The van der Waals surface area contributed by atoms with Crippen LogP contribution in [-0.2, 0) is 16.4 Å². The van der Waals surface area contributed by atoms with Crippen molar-refractivity contribution in [3.8, 4) is 5.75 Å². The number of methoxy groups -OCH3 is 1. The molecule has 0 radical (unpaired) electrons. The molecule has 1 aliphatic heterocycles. The van der Waals surface area contributed by atoms with Gasteiger partial charge in [0.05, 0.1) is 17.7 Å². The lowest BCUT2D eigenvalue weighted by molar-refractivity contribution is 0.385. The second kappa shape index (κ2) is 6.86. The summed E-state index contributed by atoms with van der Waals surface area (Å²) in [5.41, 5.74) is 7.90. The van der Waals surface area contributed by atoms with Gasteiger partial charge in [-0.2, -0.15) is 0 Å². The fourth-order valence-electron chi connectivity index (χ4n) is 2.80. The van der Waals surface area contributed by atoms with E-state index in [2.05, 4.69) is 0 Å². The highest BCUT2D eigenvalue weighted by molar-refractivity contribution is 7.92. The van der Waals surface area contributed by atoms with Crippen molar-refractivity contribution in [2.75, 3.05) is 23.7 Å². The fourth-order valence-corrected chi connectivity index (χ4v) is 4.35. The minimum absolute atomic E-state index is 0. The Morgan fingerprint density at radius 3 is 2.67 bits per heavy atom. The maximum absolute atomic E-state index is 13.9. The second-order valence-corrected chi connectivity index (χ2v) is 7.18. The number of hydrogen-bond acceptors (Lipinski definition) is 4. The Kier molecular flexibility index (Phi) is 5.25. The lowest BCUT2D eigenvalue weighted by Crippen LogP contribution is -2.35. The Morgan fingerprint density at radius 1 is 1.25 bits per heavy atom. The molecular weight excluding hydrogens is 355 g/mol. The number of ether oxygens (including phenoxy) is 1. The van der Waals surface area contributed by atoms with Crippen molar-refractivity contribution in [2.24, 2.45) is 0 Å². The number of hydrogen-bond donors (Lipinski definition) is 1. The van der Waals surface area contributed by atoms with E-state index < -0.39 is 15.8 Å². The van der Waals surface area contributed by atoms with Crippen molar-refractivity contribution in [1.82, 2.24) is 0 Å². The number of rotatable bonds is 3. The lowest BCUT2D eigenvalue weighted by atomic mass is 10.0. The van der Waals surface area contributed by atoms with Crippen molar-refractivity contribution in [1.29, 1.82) is 0 Å². The topological polar surface area (TPSA) is 72.6 Å². The number of benzene rings is 2.